The number of amides is 1. The molecule has 0 saturated carbocycles. The normalized spacial score (nSPS) is 19.1. The first kappa shape index (κ1) is 11.0. The van der Waals surface area contributed by atoms with Gasteiger partial charge in [-0.15, -0.1) is 0 Å². The van der Waals surface area contributed by atoms with Crippen LogP contribution in [0.15, 0.2) is 24.3 Å². The molecule has 0 radical (unpaired) electrons. The lowest BCUT2D eigenvalue weighted by atomic mass is 10.1. The quantitative estimate of drug-likeness (QED) is 0.732. The fourth-order valence-electron chi connectivity index (χ4n) is 1.72. The Morgan fingerprint density at radius 3 is 2.94 bits per heavy atom. The average Bonchev–Trinajstić information content (AvgIpc) is 2.38. The van der Waals surface area contributed by atoms with Crippen LogP contribution in [0.5, 0.6) is 0 Å². The average molecular weight is 227 g/mol. The predicted octanol–water partition coefficient (Wildman–Crippen LogP) is 1.80. The summed E-state index contributed by atoms with van der Waals surface area (Å²) in [6.07, 6.45) is -0.0724. The van der Waals surface area contributed by atoms with Gasteiger partial charge in [0, 0.05) is 12.1 Å². The van der Waals surface area contributed by atoms with Crippen LogP contribution in [-0.2, 0) is 4.74 Å². The van der Waals surface area contributed by atoms with Gasteiger partial charge < -0.3 is 4.74 Å². The molecule has 1 aromatic carbocycles. The topological polar surface area (TPSA) is 77.1 Å². The number of carbonyl (C=O) groups is 1. The third-order valence-corrected chi connectivity index (χ3v) is 2.53. The van der Waals surface area contributed by atoms with Crippen molar-refractivity contribution in [2.45, 2.75) is 12.5 Å². The Morgan fingerprint density at radius 2 is 2.24 bits per heavy atom. The number of anilines is 1. The number of hydrogen-bond acceptors (Lipinski definition) is 4. The van der Waals surface area contributed by atoms with Crippen molar-refractivity contribution in [1.29, 1.82) is 10.5 Å². The zero-order valence-electron chi connectivity index (χ0n) is 8.96. The molecule has 0 spiro atoms. The minimum absolute atomic E-state index is 0.255. The van der Waals surface area contributed by atoms with Gasteiger partial charge in [0.15, 0.2) is 0 Å². The molecule has 1 amide bonds. The summed E-state index contributed by atoms with van der Waals surface area (Å²) >= 11 is 0. The van der Waals surface area contributed by atoms with Crippen LogP contribution < -0.4 is 4.90 Å². The third-order valence-electron chi connectivity index (χ3n) is 2.53. The van der Waals surface area contributed by atoms with Gasteiger partial charge >= 0.3 is 6.09 Å². The van der Waals surface area contributed by atoms with Crippen molar-refractivity contribution in [2.24, 2.45) is 0 Å². The highest BCUT2D eigenvalue weighted by atomic mass is 16.6. The van der Waals surface area contributed by atoms with E-state index >= 15 is 0 Å². The number of carbonyl (C=O) groups excluding carboxylic acids is 1. The smallest absolute Gasteiger partial charge is 0.415 e. The molecule has 84 valence electrons. The molecule has 1 heterocycles. The lowest BCUT2D eigenvalue weighted by Crippen LogP contribution is -2.45. The van der Waals surface area contributed by atoms with E-state index in [1.165, 1.54) is 4.90 Å². The van der Waals surface area contributed by atoms with Crippen LogP contribution >= 0.6 is 0 Å². The molecule has 0 bridgehead atoms. The van der Waals surface area contributed by atoms with Gasteiger partial charge in [-0.3, -0.25) is 4.90 Å². The predicted molar refractivity (Wildman–Crippen MR) is 59.0 cm³/mol. The number of nitrogens with zero attached hydrogens (tertiary/aromatic N) is 3. The van der Waals surface area contributed by atoms with E-state index < -0.39 is 12.1 Å². The van der Waals surface area contributed by atoms with E-state index in [1.54, 1.807) is 24.3 Å². The third kappa shape index (κ3) is 2.04. The molecule has 5 nitrogen and oxygen atoms in total. The van der Waals surface area contributed by atoms with Crippen LogP contribution in [-0.4, -0.2) is 18.7 Å². The van der Waals surface area contributed by atoms with Crippen LogP contribution in [0.1, 0.15) is 12.0 Å². The standard InChI is InChI=1S/C12H9N3O2/c13-7-9-2-1-3-10(6-9)15-11(8-14)4-5-17-12(15)16/h1-3,6,11H,4-5H2. The van der Waals surface area contributed by atoms with Crippen molar-refractivity contribution in [2.75, 3.05) is 11.5 Å². The Hall–Kier alpha value is -2.53. The van der Waals surface area contributed by atoms with Gasteiger partial charge in [-0.1, -0.05) is 6.07 Å². The summed E-state index contributed by atoms with van der Waals surface area (Å²) in [4.78, 5) is 12.9. The van der Waals surface area contributed by atoms with Gasteiger partial charge in [-0.25, -0.2) is 4.79 Å². The molecule has 1 unspecified atom stereocenters. The minimum Gasteiger partial charge on any atom is -0.449 e. The second kappa shape index (κ2) is 4.54. The van der Waals surface area contributed by atoms with E-state index in [0.29, 0.717) is 17.7 Å². The number of hydrogen-bond donors (Lipinski definition) is 0. The van der Waals surface area contributed by atoms with Crippen LogP contribution in [0.3, 0.4) is 0 Å². The summed E-state index contributed by atoms with van der Waals surface area (Å²) in [5.74, 6) is 0. The van der Waals surface area contributed by atoms with Gasteiger partial charge in [0.05, 0.1) is 24.3 Å². The van der Waals surface area contributed by atoms with E-state index in [-0.39, 0.29) is 6.61 Å². The van der Waals surface area contributed by atoms with Crippen molar-refractivity contribution < 1.29 is 9.53 Å². The largest absolute Gasteiger partial charge is 0.449 e. The number of cyclic esters (lactones) is 1. The Labute approximate surface area is 98.4 Å². The summed E-state index contributed by atoms with van der Waals surface area (Å²) in [5.41, 5.74) is 0.956. The monoisotopic (exact) mass is 227 g/mol. The van der Waals surface area contributed by atoms with E-state index in [9.17, 15) is 4.79 Å². The summed E-state index contributed by atoms with van der Waals surface area (Å²) in [7, 11) is 0. The molecular formula is C12H9N3O2. The van der Waals surface area contributed by atoms with Crippen LogP contribution in [0.2, 0.25) is 0 Å². The fraction of sp³-hybridized carbons (Fsp3) is 0.250. The molecule has 5 heteroatoms. The molecule has 1 aromatic rings. The maximum Gasteiger partial charge on any atom is 0.415 e. The summed E-state index contributed by atoms with van der Waals surface area (Å²) in [6.45, 7) is 0.255. The van der Waals surface area contributed by atoms with E-state index in [4.69, 9.17) is 15.3 Å². The maximum atomic E-state index is 11.6. The van der Waals surface area contributed by atoms with Gasteiger partial charge in [0.1, 0.15) is 6.04 Å². The van der Waals surface area contributed by atoms with Gasteiger partial charge in [-0.2, -0.15) is 10.5 Å². The molecule has 1 atom stereocenters. The molecule has 1 fully saturated rings. The van der Waals surface area contributed by atoms with Crippen LogP contribution in [0, 0.1) is 22.7 Å². The second-order valence-corrected chi connectivity index (χ2v) is 3.58. The van der Waals surface area contributed by atoms with Crippen molar-refractivity contribution in [3.63, 3.8) is 0 Å². The summed E-state index contributed by atoms with van der Waals surface area (Å²) in [5, 5.41) is 17.8. The zero-order valence-corrected chi connectivity index (χ0v) is 8.96. The number of benzene rings is 1. The lowest BCUT2D eigenvalue weighted by molar-refractivity contribution is 0.134. The second-order valence-electron chi connectivity index (χ2n) is 3.58. The molecule has 0 aromatic heterocycles. The number of ether oxygens (including phenoxy) is 1. The SMILES string of the molecule is N#Cc1cccc(N2C(=O)OCCC2C#N)c1. The number of rotatable bonds is 1. The molecule has 1 aliphatic heterocycles. The zero-order chi connectivity index (χ0) is 12.3. The molecular weight excluding hydrogens is 218 g/mol. The van der Waals surface area contributed by atoms with Crippen molar-refractivity contribution >= 4 is 11.8 Å². The first-order chi connectivity index (χ1) is 8.26. The summed E-state index contributed by atoms with van der Waals surface area (Å²) in [6, 6.07) is 10.1. The fourth-order valence-corrected chi connectivity index (χ4v) is 1.72. The molecule has 1 saturated heterocycles. The molecule has 1 aliphatic rings. The van der Waals surface area contributed by atoms with Crippen LogP contribution in [0.4, 0.5) is 10.5 Å². The van der Waals surface area contributed by atoms with Crippen molar-refractivity contribution in [1.82, 2.24) is 0 Å². The maximum absolute atomic E-state index is 11.6. The van der Waals surface area contributed by atoms with E-state index in [0.717, 1.165) is 0 Å². The Balaban J connectivity index is 2.39. The highest BCUT2D eigenvalue weighted by Gasteiger charge is 2.30. The van der Waals surface area contributed by atoms with Gasteiger partial charge in [0.2, 0.25) is 0 Å². The van der Waals surface area contributed by atoms with Crippen LogP contribution in [0.25, 0.3) is 0 Å². The molecule has 0 N–H and O–H groups in total. The highest BCUT2D eigenvalue weighted by molar-refractivity contribution is 5.89. The Morgan fingerprint density at radius 1 is 1.41 bits per heavy atom. The lowest BCUT2D eigenvalue weighted by Gasteiger charge is -2.30. The number of nitriles is 2. The summed E-state index contributed by atoms with van der Waals surface area (Å²) < 4.78 is 4.90. The molecule has 2 rings (SSSR count). The Kier molecular flexibility index (Phi) is 2.93. The highest BCUT2D eigenvalue weighted by Crippen LogP contribution is 2.23. The van der Waals surface area contributed by atoms with Crippen molar-refractivity contribution in [3.05, 3.63) is 29.8 Å². The minimum atomic E-state index is -0.544. The molecule has 0 aliphatic carbocycles. The van der Waals surface area contributed by atoms with Gasteiger partial charge in [-0.05, 0) is 18.2 Å². The molecule has 17 heavy (non-hydrogen) atoms. The first-order valence-electron chi connectivity index (χ1n) is 5.12. The Bertz CT molecular complexity index is 527. The first-order valence-corrected chi connectivity index (χ1v) is 5.12. The van der Waals surface area contributed by atoms with Crippen molar-refractivity contribution in [3.8, 4) is 12.1 Å². The van der Waals surface area contributed by atoms with Gasteiger partial charge in [0.25, 0.3) is 0 Å². The van der Waals surface area contributed by atoms with E-state index in [1.807, 2.05) is 6.07 Å². The van der Waals surface area contributed by atoms with E-state index in [2.05, 4.69) is 6.07 Å².